The Morgan fingerprint density at radius 2 is 1.80 bits per heavy atom. The molecule has 0 N–H and O–H groups in total. The van der Waals surface area contributed by atoms with Gasteiger partial charge in [0.1, 0.15) is 5.75 Å². The second kappa shape index (κ2) is 7.19. The van der Waals surface area contributed by atoms with E-state index in [1.54, 1.807) is 0 Å². The first-order valence-electron chi connectivity index (χ1n) is 8.45. The Kier molecular flexibility index (Phi) is 4.61. The zero-order chi connectivity index (χ0) is 17.1. The van der Waals surface area contributed by atoms with Crippen LogP contribution in [0.3, 0.4) is 0 Å². The van der Waals surface area contributed by atoms with Gasteiger partial charge in [0.2, 0.25) is 0 Å². The molecule has 0 aliphatic carbocycles. The van der Waals surface area contributed by atoms with E-state index in [4.69, 9.17) is 4.74 Å². The van der Waals surface area contributed by atoms with Crippen molar-refractivity contribution in [1.82, 2.24) is 0 Å². The third-order valence-electron chi connectivity index (χ3n) is 4.32. The highest BCUT2D eigenvalue weighted by molar-refractivity contribution is 7.99. The number of hydrogen-bond acceptors (Lipinski definition) is 3. The Hall–Kier alpha value is -2.46. The molecule has 4 heteroatoms. The van der Waals surface area contributed by atoms with E-state index in [9.17, 15) is 4.79 Å². The lowest BCUT2D eigenvalue weighted by Crippen LogP contribution is -2.35. The standard InChI is InChI=1S/C21H19NO2S/c23-21(22-12-5-13-25-20-9-4-3-8-19(20)22)15-24-18-11-10-16-6-1-2-7-17(16)14-18/h1-4,6-11,14H,5,12-13,15H2. The van der Waals surface area contributed by atoms with E-state index < -0.39 is 0 Å². The van der Waals surface area contributed by atoms with E-state index in [1.807, 2.05) is 71.3 Å². The molecule has 3 nitrogen and oxygen atoms in total. The molecule has 0 aromatic heterocycles. The molecule has 0 bridgehead atoms. The number of ether oxygens (including phenoxy) is 1. The third kappa shape index (κ3) is 3.49. The summed E-state index contributed by atoms with van der Waals surface area (Å²) in [6, 6.07) is 22.1. The second-order valence-electron chi connectivity index (χ2n) is 6.01. The van der Waals surface area contributed by atoms with Crippen LogP contribution in [-0.2, 0) is 4.79 Å². The first-order valence-corrected chi connectivity index (χ1v) is 9.44. The van der Waals surface area contributed by atoms with Crippen LogP contribution in [0.25, 0.3) is 10.8 Å². The average Bonchev–Trinajstić information content (AvgIpc) is 2.88. The van der Waals surface area contributed by atoms with Crippen molar-refractivity contribution in [1.29, 1.82) is 0 Å². The minimum Gasteiger partial charge on any atom is -0.484 e. The van der Waals surface area contributed by atoms with Crippen LogP contribution in [0.1, 0.15) is 6.42 Å². The number of anilines is 1. The molecule has 0 spiro atoms. The van der Waals surface area contributed by atoms with Crippen LogP contribution in [0, 0.1) is 0 Å². The molecule has 3 aromatic rings. The summed E-state index contributed by atoms with van der Waals surface area (Å²) < 4.78 is 5.79. The monoisotopic (exact) mass is 349 g/mol. The van der Waals surface area contributed by atoms with Gasteiger partial charge in [0.15, 0.2) is 6.61 Å². The Morgan fingerprint density at radius 1 is 1.00 bits per heavy atom. The van der Waals surface area contributed by atoms with Crippen LogP contribution in [0.2, 0.25) is 0 Å². The molecule has 3 aromatic carbocycles. The molecule has 4 rings (SSSR count). The maximum absolute atomic E-state index is 12.7. The van der Waals surface area contributed by atoms with Crippen LogP contribution in [0.5, 0.6) is 5.75 Å². The molecule has 0 radical (unpaired) electrons. The lowest BCUT2D eigenvalue weighted by atomic mass is 10.1. The van der Waals surface area contributed by atoms with Crippen LogP contribution in [0.4, 0.5) is 5.69 Å². The van der Waals surface area contributed by atoms with Crippen molar-refractivity contribution in [2.24, 2.45) is 0 Å². The number of hydrogen-bond donors (Lipinski definition) is 0. The number of rotatable bonds is 3. The second-order valence-corrected chi connectivity index (χ2v) is 7.15. The molecule has 0 fully saturated rings. The number of carbonyl (C=O) groups excluding carboxylic acids is 1. The maximum atomic E-state index is 12.7. The van der Waals surface area contributed by atoms with Crippen molar-refractivity contribution >= 4 is 34.1 Å². The molecule has 1 heterocycles. The van der Waals surface area contributed by atoms with Crippen LogP contribution >= 0.6 is 11.8 Å². The van der Waals surface area contributed by atoms with Gasteiger partial charge in [-0.3, -0.25) is 4.79 Å². The number of benzene rings is 3. The summed E-state index contributed by atoms with van der Waals surface area (Å²) in [7, 11) is 0. The normalized spacial score (nSPS) is 14.0. The zero-order valence-corrected chi connectivity index (χ0v) is 14.7. The van der Waals surface area contributed by atoms with E-state index in [-0.39, 0.29) is 12.5 Å². The van der Waals surface area contributed by atoms with Gasteiger partial charge in [0.25, 0.3) is 5.91 Å². The van der Waals surface area contributed by atoms with E-state index in [1.165, 1.54) is 10.3 Å². The van der Waals surface area contributed by atoms with Crippen molar-refractivity contribution in [3.8, 4) is 5.75 Å². The van der Waals surface area contributed by atoms with Gasteiger partial charge in [-0.05, 0) is 47.2 Å². The highest BCUT2D eigenvalue weighted by Gasteiger charge is 2.21. The van der Waals surface area contributed by atoms with Gasteiger partial charge >= 0.3 is 0 Å². The minimum atomic E-state index is 0.00288. The van der Waals surface area contributed by atoms with E-state index in [0.29, 0.717) is 0 Å². The fourth-order valence-electron chi connectivity index (χ4n) is 3.07. The van der Waals surface area contributed by atoms with Gasteiger partial charge in [0.05, 0.1) is 5.69 Å². The Balaban J connectivity index is 1.50. The zero-order valence-electron chi connectivity index (χ0n) is 13.9. The molecule has 1 amide bonds. The summed E-state index contributed by atoms with van der Waals surface area (Å²) in [4.78, 5) is 15.8. The Morgan fingerprint density at radius 3 is 2.72 bits per heavy atom. The molecule has 1 aliphatic rings. The lowest BCUT2D eigenvalue weighted by Gasteiger charge is -2.22. The highest BCUT2D eigenvalue weighted by atomic mass is 32.2. The molecule has 0 unspecified atom stereocenters. The average molecular weight is 349 g/mol. The fourth-order valence-corrected chi connectivity index (χ4v) is 4.06. The number of thioether (sulfide) groups is 1. The van der Waals surface area contributed by atoms with E-state index >= 15 is 0 Å². The van der Waals surface area contributed by atoms with Crippen LogP contribution < -0.4 is 9.64 Å². The minimum absolute atomic E-state index is 0.00288. The predicted octanol–water partition coefficient (Wildman–Crippen LogP) is 4.75. The summed E-state index contributed by atoms with van der Waals surface area (Å²) in [5.74, 6) is 1.76. The molecular formula is C21H19NO2S. The molecule has 0 saturated carbocycles. The largest absolute Gasteiger partial charge is 0.484 e. The highest BCUT2D eigenvalue weighted by Crippen LogP contribution is 2.33. The molecule has 25 heavy (non-hydrogen) atoms. The molecule has 0 atom stereocenters. The van der Waals surface area contributed by atoms with Crippen LogP contribution in [0.15, 0.2) is 71.6 Å². The van der Waals surface area contributed by atoms with E-state index in [2.05, 4.69) is 12.1 Å². The van der Waals surface area contributed by atoms with E-state index in [0.717, 1.165) is 35.5 Å². The van der Waals surface area contributed by atoms with Crippen molar-refractivity contribution < 1.29 is 9.53 Å². The summed E-state index contributed by atoms with van der Waals surface area (Å²) in [5.41, 5.74) is 0.997. The first kappa shape index (κ1) is 16.0. The van der Waals surface area contributed by atoms with Crippen molar-refractivity contribution in [2.75, 3.05) is 23.8 Å². The van der Waals surface area contributed by atoms with Gasteiger partial charge in [-0.1, -0.05) is 42.5 Å². The number of nitrogens with zero attached hydrogens (tertiary/aromatic N) is 1. The molecular weight excluding hydrogens is 330 g/mol. The molecule has 1 aliphatic heterocycles. The first-order chi connectivity index (χ1) is 12.3. The van der Waals surface area contributed by atoms with Crippen molar-refractivity contribution in [3.05, 3.63) is 66.7 Å². The molecule has 0 saturated heterocycles. The smallest absolute Gasteiger partial charge is 0.264 e. The lowest BCUT2D eigenvalue weighted by molar-refractivity contribution is -0.120. The summed E-state index contributed by atoms with van der Waals surface area (Å²) in [6.45, 7) is 0.793. The van der Waals surface area contributed by atoms with Crippen molar-refractivity contribution in [3.63, 3.8) is 0 Å². The van der Waals surface area contributed by atoms with Gasteiger partial charge in [-0.15, -0.1) is 11.8 Å². The number of amides is 1. The van der Waals surface area contributed by atoms with Gasteiger partial charge in [-0.2, -0.15) is 0 Å². The summed E-state index contributed by atoms with van der Waals surface area (Å²) in [6.07, 6.45) is 0.987. The summed E-state index contributed by atoms with van der Waals surface area (Å²) in [5, 5.41) is 2.28. The van der Waals surface area contributed by atoms with Gasteiger partial charge in [0, 0.05) is 11.4 Å². The van der Waals surface area contributed by atoms with Crippen LogP contribution in [-0.4, -0.2) is 24.8 Å². The summed E-state index contributed by atoms with van der Waals surface area (Å²) >= 11 is 1.81. The SMILES string of the molecule is O=C(COc1ccc2ccccc2c1)N1CCCSc2ccccc21. The van der Waals surface area contributed by atoms with Crippen molar-refractivity contribution in [2.45, 2.75) is 11.3 Å². The Bertz CT molecular complexity index is 909. The van der Waals surface area contributed by atoms with Gasteiger partial charge < -0.3 is 9.64 Å². The topological polar surface area (TPSA) is 29.5 Å². The predicted molar refractivity (Wildman–Crippen MR) is 104 cm³/mol. The fraction of sp³-hybridized carbons (Fsp3) is 0.190. The number of carbonyl (C=O) groups is 1. The third-order valence-corrected chi connectivity index (χ3v) is 5.47. The van der Waals surface area contributed by atoms with Gasteiger partial charge in [-0.25, -0.2) is 0 Å². The Labute approximate surface area is 151 Å². The number of para-hydroxylation sites is 1. The number of fused-ring (bicyclic) bond motifs is 2. The molecule has 126 valence electrons. The quantitative estimate of drug-likeness (QED) is 0.683. The maximum Gasteiger partial charge on any atom is 0.264 e.